The molecule has 0 saturated heterocycles. The number of H-pyrrole nitrogens is 1. The van der Waals surface area contributed by atoms with Crippen LogP contribution in [-0.2, 0) is 10.0 Å². The largest absolute Gasteiger partial charge is 0.495 e. The lowest BCUT2D eigenvalue weighted by Gasteiger charge is -2.08. The fourth-order valence-electron chi connectivity index (χ4n) is 2.35. The van der Waals surface area contributed by atoms with Crippen LogP contribution >= 0.6 is 0 Å². The van der Waals surface area contributed by atoms with Crippen LogP contribution in [0.5, 0.6) is 5.75 Å². The van der Waals surface area contributed by atoms with E-state index in [1.807, 2.05) is 0 Å². The van der Waals surface area contributed by atoms with E-state index in [-0.39, 0.29) is 10.6 Å². The normalized spacial score (nSPS) is 11.8. The van der Waals surface area contributed by atoms with Crippen LogP contribution in [0.4, 0.5) is 8.78 Å². The van der Waals surface area contributed by atoms with Crippen molar-refractivity contribution in [2.24, 2.45) is 5.14 Å². The Hall–Kier alpha value is -2.45. The van der Waals surface area contributed by atoms with E-state index in [1.165, 1.54) is 19.2 Å². The molecule has 1 heterocycles. The lowest BCUT2D eigenvalue weighted by molar-refractivity contribution is 0.403. The first-order chi connectivity index (χ1) is 10.8. The number of aromatic nitrogens is 1. The second kappa shape index (κ2) is 5.32. The zero-order valence-electron chi connectivity index (χ0n) is 11.9. The molecule has 0 radical (unpaired) electrons. The molecule has 3 aromatic rings. The predicted molar refractivity (Wildman–Crippen MR) is 81.6 cm³/mol. The van der Waals surface area contributed by atoms with Gasteiger partial charge in [0.1, 0.15) is 10.6 Å². The highest BCUT2D eigenvalue weighted by molar-refractivity contribution is 7.89. The number of aromatic amines is 1. The van der Waals surface area contributed by atoms with E-state index in [0.29, 0.717) is 22.2 Å². The third-order valence-corrected chi connectivity index (χ3v) is 4.37. The Balaban J connectivity index is 2.19. The molecule has 120 valence electrons. The molecule has 0 bridgehead atoms. The van der Waals surface area contributed by atoms with Crippen LogP contribution < -0.4 is 9.88 Å². The van der Waals surface area contributed by atoms with Crippen LogP contribution in [0.15, 0.2) is 41.3 Å². The number of hydrogen-bond acceptors (Lipinski definition) is 3. The minimum absolute atomic E-state index is 0.115. The number of nitrogens with one attached hydrogen (secondary N) is 1. The van der Waals surface area contributed by atoms with Crippen molar-refractivity contribution < 1.29 is 21.9 Å². The Morgan fingerprint density at radius 1 is 1.09 bits per heavy atom. The van der Waals surface area contributed by atoms with E-state index >= 15 is 0 Å². The molecular weight excluding hydrogens is 326 g/mol. The average molecular weight is 338 g/mol. The Labute approximate surface area is 130 Å². The van der Waals surface area contributed by atoms with Gasteiger partial charge in [-0.2, -0.15) is 0 Å². The van der Waals surface area contributed by atoms with Gasteiger partial charge in [-0.1, -0.05) is 0 Å². The molecule has 0 unspecified atom stereocenters. The highest BCUT2D eigenvalue weighted by Gasteiger charge is 2.17. The number of hydrogen-bond donors (Lipinski definition) is 2. The molecule has 0 spiro atoms. The fraction of sp³-hybridized carbons (Fsp3) is 0.0667. The minimum Gasteiger partial charge on any atom is -0.495 e. The monoisotopic (exact) mass is 338 g/mol. The SMILES string of the molecule is COc1ccc(-c2cc3cc(F)c(F)cc3[nH]2)cc1S(N)(=O)=O. The van der Waals surface area contributed by atoms with Crippen LogP contribution in [0.3, 0.4) is 0 Å². The second-order valence-corrected chi connectivity index (χ2v) is 6.48. The number of methoxy groups -OCH3 is 1. The van der Waals surface area contributed by atoms with Gasteiger partial charge >= 0.3 is 0 Å². The van der Waals surface area contributed by atoms with E-state index in [0.717, 1.165) is 12.1 Å². The molecule has 1 aromatic heterocycles. The smallest absolute Gasteiger partial charge is 0.241 e. The number of ether oxygens (including phenoxy) is 1. The summed E-state index contributed by atoms with van der Waals surface area (Å²) >= 11 is 0. The third-order valence-electron chi connectivity index (χ3n) is 3.44. The Morgan fingerprint density at radius 3 is 2.43 bits per heavy atom. The van der Waals surface area contributed by atoms with Gasteiger partial charge in [-0.05, 0) is 35.9 Å². The van der Waals surface area contributed by atoms with Gasteiger partial charge in [0.2, 0.25) is 10.0 Å². The zero-order chi connectivity index (χ0) is 16.8. The Bertz CT molecular complexity index is 974. The molecule has 0 atom stereocenters. The number of fused-ring (bicyclic) bond motifs is 1. The molecular formula is C15H12F2N2O3S. The van der Waals surface area contributed by atoms with Crippen LogP contribution in [0.1, 0.15) is 0 Å². The highest BCUT2D eigenvalue weighted by atomic mass is 32.2. The van der Waals surface area contributed by atoms with Crippen molar-refractivity contribution in [1.29, 1.82) is 0 Å². The number of nitrogens with two attached hydrogens (primary N) is 1. The van der Waals surface area contributed by atoms with E-state index in [4.69, 9.17) is 9.88 Å². The van der Waals surface area contributed by atoms with Crippen LogP contribution in [0.2, 0.25) is 0 Å². The molecule has 3 rings (SSSR count). The van der Waals surface area contributed by atoms with Crippen molar-refractivity contribution in [2.75, 3.05) is 7.11 Å². The summed E-state index contributed by atoms with van der Waals surface area (Å²) in [5.74, 6) is -1.81. The van der Waals surface area contributed by atoms with Gasteiger partial charge in [0.25, 0.3) is 0 Å². The maximum atomic E-state index is 13.3. The van der Waals surface area contributed by atoms with Crippen molar-refractivity contribution in [3.05, 3.63) is 48.0 Å². The molecule has 0 aliphatic carbocycles. The first-order valence-electron chi connectivity index (χ1n) is 6.48. The van der Waals surface area contributed by atoms with Crippen molar-refractivity contribution in [1.82, 2.24) is 4.98 Å². The van der Waals surface area contributed by atoms with E-state index < -0.39 is 21.7 Å². The summed E-state index contributed by atoms with van der Waals surface area (Å²) in [7, 11) is -2.65. The zero-order valence-corrected chi connectivity index (χ0v) is 12.7. The van der Waals surface area contributed by atoms with E-state index in [1.54, 1.807) is 12.1 Å². The molecule has 0 amide bonds. The van der Waals surface area contributed by atoms with Crippen LogP contribution in [0, 0.1) is 11.6 Å². The van der Waals surface area contributed by atoms with E-state index in [9.17, 15) is 17.2 Å². The second-order valence-electron chi connectivity index (χ2n) is 4.95. The van der Waals surface area contributed by atoms with Crippen molar-refractivity contribution in [2.45, 2.75) is 4.90 Å². The van der Waals surface area contributed by atoms with Crippen molar-refractivity contribution in [3.63, 3.8) is 0 Å². The Morgan fingerprint density at radius 2 is 1.78 bits per heavy atom. The van der Waals surface area contributed by atoms with Gasteiger partial charge in [-0.15, -0.1) is 0 Å². The molecule has 0 fully saturated rings. The first-order valence-corrected chi connectivity index (χ1v) is 8.03. The van der Waals surface area contributed by atoms with Gasteiger partial charge in [0.15, 0.2) is 11.6 Å². The van der Waals surface area contributed by atoms with Gasteiger partial charge < -0.3 is 9.72 Å². The molecule has 5 nitrogen and oxygen atoms in total. The maximum absolute atomic E-state index is 13.3. The molecule has 8 heteroatoms. The van der Waals surface area contributed by atoms with E-state index in [2.05, 4.69) is 4.98 Å². The van der Waals surface area contributed by atoms with Crippen LogP contribution in [0.25, 0.3) is 22.2 Å². The Kier molecular flexibility index (Phi) is 3.57. The summed E-state index contributed by atoms with van der Waals surface area (Å²) in [6.45, 7) is 0. The first kappa shape index (κ1) is 15.4. The van der Waals surface area contributed by atoms with Gasteiger partial charge in [-0.25, -0.2) is 22.3 Å². The van der Waals surface area contributed by atoms with Gasteiger partial charge in [0, 0.05) is 22.7 Å². The topological polar surface area (TPSA) is 85.2 Å². The summed E-state index contributed by atoms with van der Waals surface area (Å²) < 4.78 is 54.8. The summed E-state index contributed by atoms with van der Waals surface area (Å²) in [5, 5.41) is 5.64. The molecule has 0 aliphatic rings. The fourth-order valence-corrected chi connectivity index (χ4v) is 3.07. The average Bonchev–Trinajstić information content (AvgIpc) is 2.89. The van der Waals surface area contributed by atoms with Gasteiger partial charge in [0.05, 0.1) is 7.11 Å². The minimum atomic E-state index is -3.98. The lowest BCUT2D eigenvalue weighted by Crippen LogP contribution is -2.13. The van der Waals surface area contributed by atoms with Crippen molar-refractivity contribution >= 4 is 20.9 Å². The summed E-state index contributed by atoms with van der Waals surface area (Å²) in [5.41, 5.74) is 1.39. The molecule has 2 aromatic carbocycles. The third kappa shape index (κ3) is 2.78. The van der Waals surface area contributed by atoms with Gasteiger partial charge in [-0.3, -0.25) is 0 Å². The molecule has 0 saturated carbocycles. The quantitative estimate of drug-likeness (QED) is 0.770. The molecule has 3 N–H and O–H groups in total. The number of primary sulfonamides is 1. The number of halogens is 2. The van der Waals surface area contributed by atoms with Crippen molar-refractivity contribution in [3.8, 4) is 17.0 Å². The standard InChI is InChI=1S/C15H12F2N2O3S/c1-22-14-3-2-8(6-15(14)23(18,20)21)12-5-9-4-10(16)11(17)7-13(9)19-12/h2-7,19H,1H3,(H2,18,20,21). The lowest BCUT2D eigenvalue weighted by atomic mass is 10.1. The number of sulfonamides is 1. The molecule has 23 heavy (non-hydrogen) atoms. The number of rotatable bonds is 3. The summed E-state index contributed by atoms with van der Waals surface area (Å²) in [4.78, 5) is 2.74. The maximum Gasteiger partial charge on any atom is 0.241 e. The predicted octanol–water partition coefficient (Wildman–Crippen LogP) is 2.77. The summed E-state index contributed by atoms with van der Waals surface area (Å²) in [6, 6.07) is 8.11. The molecule has 0 aliphatic heterocycles. The highest BCUT2D eigenvalue weighted by Crippen LogP contribution is 2.31. The summed E-state index contributed by atoms with van der Waals surface area (Å²) in [6.07, 6.45) is 0. The number of benzene rings is 2. The van der Waals surface area contributed by atoms with Crippen LogP contribution in [-0.4, -0.2) is 20.5 Å².